The maximum Gasteiger partial charge on any atom is 0.472 e. The monoisotopic (exact) mass is 1470 g/mol. The first kappa shape index (κ1) is 97.2. The van der Waals surface area contributed by atoms with Crippen LogP contribution in [0.1, 0.15) is 310 Å². The highest BCUT2D eigenvalue weighted by atomic mass is 31.2. The van der Waals surface area contributed by atoms with Crippen molar-refractivity contribution in [3.8, 4) is 0 Å². The Kier molecular flexibility index (Phi) is 71.0. The number of esters is 4. The van der Waals surface area contributed by atoms with E-state index in [-0.39, 0.29) is 25.7 Å². The second-order valence-electron chi connectivity index (χ2n) is 25.9. The Morgan fingerprint density at radius 3 is 0.843 bits per heavy atom. The first-order chi connectivity index (χ1) is 49.7. The van der Waals surface area contributed by atoms with Gasteiger partial charge >= 0.3 is 39.5 Å². The second-order valence-corrected chi connectivity index (χ2v) is 28.8. The molecule has 0 aliphatic rings. The molecule has 0 heterocycles. The van der Waals surface area contributed by atoms with Crippen LogP contribution in [-0.4, -0.2) is 96.7 Å². The van der Waals surface area contributed by atoms with Gasteiger partial charge in [0.05, 0.1) is 26.4 Å². The lowest BCUT2D eigenvalue weighted by molar-refractivity contribution is -0.161. The van der Waals surface area contributed by atoms with Crippen LogP contribution in [0.4, 0.5) is 0 Å². The van der Waals surface area contributed by atoms with Crippen LogP contribution in [0.15, 0.2) is 134 Å². The van der Waals surface area contributed by atoms with Gasteiger partial charge in [-0.15, -0.1) is 0 Å². The van der Waals surface area contributed by atoms with E-state index < -0.39 is 97.5 Å². The van der Waals surface area contributed by atoms with Crippen LogP contribution in [0.25, 0.3) is 0 Å². The Bertz CT molecular complexity index is 2460. The van der Waals surface area contributed by atoms with Gasteiger partial charge in [0.1, 0.15) is 19.3 Å². The van der Waals surface area contributed by atoms with Gasteiger partial charge in [-0.25, -0.2) is 9.13 Å². The van der Waals surface area contributed by atoms with Crippen molar-refractivity contribution in [2.24, 2.45) is 0 Å². The second kappa shape index (κ2) is 74.5. The first-order valence-electron chi connectivity index (χ1n) is 39.4. The first-order valence-corrected chi connectivity index (χ1v) is 42.4. The molecule has 0 aromatic rings. The molecule has 17 nitrogen and oxygen atoms in total. The van der Waals surface area contributed by atoms with E-state index in [2.05, 4.69) is 149 Å². The molecule has 0 amide bonds. The zero-order valence-corrected chi connectivity index (χ0v) is 65.5. The van der Waals surface area contributed by atoms with Crippen LogP contribution in [0.2, 0.25) is 0 Å². The smallest absolute Gasteiger partial charge is 0.462 e. The topological polar surface area (TPSA) is 237 Å². The summed E-state index contributed by atoms with van der Waals surface area (Å²) in [5.74, 6) is -2.29. The van der Waals surface area contributed by atoms with E-state index in [0.29, 0.717) is 32.1 Å². The molecular formula is C83H140O17P2. The summed E-state index contributed by atoms with van der Waals surface area (Å²) in [6, 6.07) is 0. The molecule has 584 valence electrons. The molecule has 5 unspecified atom stereocenters. The number of phosphoric ester groups is 2. The van der Waals surface area contributed by atoms with Gasteiger partial charge in [-0.3, -0.25) is 37.3 Å². The van der Waals surface area contributed by atoms with Crippen molar-refractivity contribution in [1.82, 2.24) is 0 Å². The summed E-state index contributed by atoms with van der Waals surface area (Å²) in [5.41, 5.74) is 0. The summed E-state index contributed by atoms with van der Waals surface area (Å²) in [6.45, 7) is 4.53. The third-order valence-electron chi connectivity index (χ3n) is 16.1. The third kappa shape index (κ3) is 73.5. The molecule has 102 heavy (non-hydrogen) atoms. The van der Waals surface area contributed by atoms with Crippen LogP contribution in [0.3, 0.4) is 0 Å². The van der Waals surface area contributed by atoms with Crippen LogP contribution in [0, 0.1) is 0 Å². The summed E-state index contributed by atoms with van der Waals surface area (Å²) < 4.78 is 68.4. The van der Waals surface area contributed by atoms with Crippen LogP contribution in [0.5, 0.6) is 0 Å². The summed E-state index contributed by atoms with van der Waals surface area (Å²) in [5, 5.41) is 10.6. The Hall–Kier alpha value is -4.80. The number of allylic oxidation sites excluding steroid dienone is 22. The summed E-state index contributed by atoms with van der Waals surface area (Å²) in [4.78, 5) is 72.9. The number of carbonyl (C=O) groups excluding carboxylic acids is 4. The van der Waals surface area contributed by atoms with E-state index in [1.165, 1.54) is 77.0 Å². The van der Waals surface area contributed by atoms with E-state index in [4.69, 9.17) is 37.0 Å². The predicted octanol–water partition coefficient (Wildman–Crippen LogP) is 22.9. The van der Waals surface area contributed by atoms with Gasteiger partial charge < -0.3 is 33.8 Å². The van der Waals surface area contributed by atoms with Crippen molar-refractivity contribution >= 4 is 39.5 Å². The Labute approximate surface area is 618 Å². The number of rotatable bonds is 73. The zero-order chi connectivity index (χ0) is 74.6. The molecule has 19 heteroatoms. The quantitative estimate of drug-likeness (QED) is 0.0169. The number of ether oxygens (including phenoxy) is 4. The standard InChI is InChI=1S/C83H140O17P2/c1-5-9-13-17-21-25-29-32-35-37-38-40-42-45-49-52-56-60-64-68-81(86)94-74-79(100-83(88)70-66-62-58-54-50-46-43-39-36-33-30-26-22-18-14-10-6-2)76-98-102(91,92)96-72-77(84)71-95-101(89,90)97-75-78(99-82(87)69-65-61-57-53-47-28-24-20-16-12-8-4)73-93-80(85)67-63-59-55-51-48-44-41-34-31-27-23-19-15-11-7-3/h9-10,13-14,21-22,25-26,32-36,38,40-41,43,45-46,49,54,58,77-79,84H,5-8,11-12,15-20,23-24,27-31,37,39,42,44,47-48,50-53,55-57,59-76H2,1-4H3,(H,89,90)(H,91,92)/b13-9-,14-10-,25-21-,26-22-,35-32-,36-33-,40-38-,41-34-,46-43-,49-45-,58-54-. The Morgan fingerprint density at radius 1 is 0.284 bits per heavy atom. The van der Waals surface area contributed by atoms with Crippen molar-refractivity contribution < 1.29 is 80.2 Å². The molecule has 0 spiro atoms. The highest BCUT2D eigenvalue weighted by molar-refractivity contribution is 7.47. The molecule has 0 saturated heterocycles. The van der Waals surface area contributed by atoms with Crippen molar-refractivity contribution in [3.05, 3.63) is 134 Å². The molecule has 0 aliphatic heterocycles. The SMILES string of the molecule is CC/C=C\C/C=C\C/C=C\C/C=C\C/C=C\CCCCCC(=O)OCC(COP(=O)(O)OCC(O)COP(=O)(O)OCC(COC(=O)CCCCCCC/C=C\CCCCCCCC)OC(=O)CCCCCCCCCCCCC)OC(=O)CCC/C=C\C/C=C\C/C=C\C/C=C\C/C=C\CC. The molecule has 0 fully saturated rings. The Balaban J connectivity index is 5.43. The predicted molar refractivity (Wildman–Crippen MR) is 418 cm³/mol. The molecule has 3 N–H and O–H groups in total. The van der Waals surface area contributed by atoms with Crippen molar-refractivity contribution in [2.75, 3.05) is 39.6 Å². The molecule has 0 saturated carbocycles. The molecule has 0 aliphatic carbocycles. The lowest BCUT2D eigenvalue weighted by Gasteiger charge is -2.21. The van der Waals surface area contributed by atoms with E-state index in [1.54, 1.807) is 0 Å². The van der Waals surface area contributed by atoms with Gasteiger partial charge in [-0.05, 0) is 135 Å². The molecule has 0 aromatic heterocycles. The fourth-order valence-corrected chi connectivity index (χ4v) is 11.7. The van der Waals surface area contributed by atoms with Crippen molar-refractivity contribution in [2.45, 2.75) is 329 Å². The molecular weight excluding hydrogens is 1330 g/mol. The van der Waals surface area contributed by atoms with Crippen LogP contribution in [-0.2, 0) is 65.4 Å². The molecule has 0 rings (SSSR count). The van der Waals surface area contributed by atoms with E-state index in [1.807, 2.05) is 12.2 Å². The van der Waals surface area contributed by atoms with Gasteiger partial charge in [-0.2, -0.15) is 0 Å². The highest BCUT2D eigenvalue weighted by Crippen LogP contribution is 2.45. The van der Waals surface area contributed by atoms with Gasteiger partial charge in [0.15, 0.2) is 12.2 Å². The van der Waals surface area contributed by atoms with Gasteiger partial charge in [0, 0.05) is 25.7 Å². The Morgan fingerprint density at radius 2 is 0.520 bits per heavy atom. The van der Waals surface area contributed by atoms with E-state index >= 15 is 0 Å². The van der Waals surface area contributed by atoms with Crippen LogP contribution >= 0.6 is 15.6 Å². The lowest BCUT2D eigenvalue weighted by atomic mass is 10.1. The average molecular weight is 1470 g/mol. The number of aliphatic hydroxyl groups excluding tert-OH is 1. The largest absolute Gasteiger partial charge is 0.472 e. The zero-order valence-electron chi connectivity index (χ0n) is 63.7. The molecule has 0 aromatic carbocycles. The van der Waals surface area contributed by atoms with Crippen molar-refractivity contribution in [1.29, 1.82) is 0 Å². The highest BCUT2D eigenvalue weighted by Gasteiger charge is 2.30. The number of unbranched alkanes of at least 4 members (excludes halogenated alkanes) is 25. The number of hydrogen-bond acceptors (Lipinski definition) is 15. The van der Waals surface area contributed by atoms with Gasteiger partial charge in [-0.1, -0.05) is 283 Å². The van der Waals surface area contributed by atoms with Gasteiger partial charge in [0.2, 0.25) is 0 Å². The van der Waals surface area contributed by atoms with Gasteiger partial charge in [0.25, 0.3) is 0 Å². The summed E-state index contributed by atoms with van der Waals surface area (Å²) >= 11 is 0. The minimum absolute atomic E-state index is 0.00552. The maximum atomic E-state index is 13.1. The number of carbonyl (C=O) groups is 4. The fraction of sp³-hybridized carbons (Fsp3) is 0.687. The minimum Gasteiger partial charge on any atom is -0.462 e. The van der Waals surface area contributed by atoms with Crippen molar-refractivity contribution in [3.63, 3.8) is 0 Å². The fourth-order valence-electron chi connectivity index (χ4n) is 10.2. The normalized spacial score (nSPS) is 14.6. The summed E-state index contributed by atoms with van der Waals surface area (Å²) in [7, 11) is -9.98. The third-order valence-corrected chi connectivity index (χ3v) is 18.0. The van der Waals surface area contributed by atoms with E-state index in [9.17, 15) is 43.2 Å². The van der Waals surface area contributed by atoms with Crippen LogP contribution < -0.4 is 0 Å². The lowest BCUT2D eigenvalue weighted by Crippen LogP contribution is -2.30. The number of aliphatic hydroxyl groups is 1. The number of hydrogen-bond donors (Lipinski definition) is 3. The molecule has 0 radical (unpaired) electrons. The number of phosphoric acid groups is 2. The summed E-state index contributed by atoms with van der Waals surface area (Å²) in [6.07, 6.45) is 83.0. The van der Waals surface area contributed by atoms with E-state index in [0.717, 1.165) is 148 Å². The molecule has 0 bridgehead atoms. The molecule has 5 atom stereocenters. The minimum atomic E-state index is -5.00. The average Bonchev–Trinajstić information content (AvgIpc) is 0.921. The maximum absolute atomic E-state index is 13.1.